The third-order valence-corrected chi connectivity index (χ3v) is 5.73. The second-order valence-corrected chi connectivity index (χ2v) is 7.50. The molecule has 1 aliphatic carbocycles. The average molecular weight is 315 g/mol. The highest BCUT2D eigenvalue weighted by Gasteiger charge is 2.38. The molecule has 126 valence electrons. The van der Waals surface area contributed by atoms with Gasteiger partial charge in [-0.15, -0.1) is 0 Å². The van der Waals surface area contributed by atoms with Gasteiger partial charge in [0.25, 0.3) is 0 Å². The van der Waals surface area contributed by atoms with E-state index in [-0.39, 0.29) is 0 Å². The molecule has 1 saturated carbocycles. The molecule has 0 amide bonds. The molecule has 3 heterocycles. The van der Waals surface area contributed by atoms with E-state index in [1.807, 2.05) is 12.4 Å². The number of likely N-dealkylation sites (tertiary alicyclic amines) is 1. The van der Waals surface area contributed by atoms with Gasteiger partial charge in [0, 0.05) is 12.2 Å². The van der Waals surface area contributed by atoms with Crippen LogP contribution in [-0.2, 0) is 0 Å². The summed E-state index contributed by atoms with van der Waals surface area (Å²) in [7, 11) is 0. The third-order valence-electron chi connectivity index (χ3n) is 5.73. The number of nitrogens with one attached hydrogen (secondary N) is 1. The summed E-state index contributed by atoms with van der Waals surface area (Å²) in [6.07, 6.45) is 12.0. The molecule has 0 aromatic carbocycles. The smallest absolute Gasteiger partial charge is 0.137 e. The van der Waals surface area contributed by atoms with Crippen LogP contribution < -0.4 is 10.1 Å². The van der Waals surface area contributed by atoms with Crippen molar-refractivity contribution in [3.63, 3.8) is 0 Å². The zero-order valence-electron chi connectivity index (χ0n) is 14.0. The maximum absolute atomic E-state index is 5.89. The number of hydrogen-bond donors (Lipinski definition) is 1. The zero-order valence-corrected chi connectivity index (χ0v) is 14.0. The van der Waals surface area contributed by atoms with Crippen molar-refractivity contribution in [2.75, 3.05) is 32.8 Å². The van der Waals surface area contributed by atoms with Gasteiger partial charge < -0.3 is 15.0 Å². The van der Waals surface area contributed by atoms with Crippen LogP contribution in [0.5, 0.6) is 5.75 Å². The Morgan fingerprint density at radius 1 is 1.22 bits per heavy atom. The number of pyridine rings is 1. The van der Waals surface area contributed by atoms with E-state index in [1.165, 1.54) is 63.7 Å². The lowest BCUT2D eigenvalue weighted by atomic mass is 10.1. The Morgan fingerprint density at radius 3 is 2.87 bits per heavy atom. The number of aromatic nitrogens is 1. The highest BCUT2D eigenvalue weighted by atomic mass is 16.5. The summed E-state index contributed by atoms with van der Waals surface area (Å²) >= 11 is 0. The largest absolute Gasteiger partial charge is 0.490 e. The van der Waals surface area contributed by atoms with E-state index in [9.17, 15) is 0 Å². The minimum Gasteiger partial charge on any atom is -0.490 e. The molecule has 1 N–H and O–H groups in total. The molecule has 23 heavy (non-hydrogen) atoms. The fourth-order valence-corrected chi connectivity index (χ4v) is 3.91. The average Bonchev–Trinajstić information content (AvgIpc) is 3.33. The van der Waals surface area contributed by atoms with Crippen LogP contribution in [-0.4, -0.2) is 48.7 Å². The van der Waals surface area contributed by atoms with Crippen LogP contribution in [0.2, 0.25) is 0 Å². The molecule has 1 aromatic heterocycles. The number of rotatable bonds is 7. The molecule has 0 unspecified atom stereocenters. The summed E-state index contributed by atoms with van der Waals surface area (Å²) < 4.78 is 5.89. The van der Waals surface area contributed by atoms with E-state index in [4.69, 9.17) is 4.74 Å². The molecule has 4 heteroatoms. The number of hydrogen-bond acceptors (Lipinski definition) is 4. The van der Waals surface area contributed by atoms with Gasteiger partial charge in [0.1, 0.15) is 12.4 Å². The van der Waals surface area contributed by atoms with Crippen molar-refractivity contribution in [1.29, 1.82) is 0 Å². The van der Waals surface area contributed by atoms with E-state index in [1.54, 1.807) is 0 Å². The quantitative estimate of drug-likeness (QED) is 0.839. The monoisotopic (exact) mass is 315 g/mol. The van der Waals surface area contributed by atoms with Gasteiger partial charge in [-0.25, -0.2) is 0 Å². The number of piperidine rings is 1. The van der Waals surface area contributed by atoms with Crippen molar-refractivity contribution in [3.8, 4) is 5.75 Å². The predicted molar refractivity (Wildman–Crippen MR) is 91.9 cm³/mol. The lowest BCUT2D eigenvalue weighted by molar-refractivity contribution is 0.216. The summed E-state index contributed by atoms with van der Waals surface area (Å²) in [6, 6.07) is 2.76. The second-order valence-electron chi connectivity index (χ2n) is 7.50. The summed E-state index contributed by atoms with van der Waals surface area (Å²) in [4.78, 5) is 7.05. The normalized spacial score (nSPS) is 30.7. The van der Waals surface area contributed by atoms with Gasteiger partial charge >= 0.3 is 0 Å². The second kappa shape index (κ2) is 7.18. The molecule has 3 aliphatic rings. The fraction of sp³-hybridized carbons (Fsp3) is 0.737. The molecular weight excluding hydrogens is 286 g/mol. The Labute approximate surface area is 139 Å². The van der Waals surface area contributed by atoms with Crippen molar-refractivity contribution < 1.29 is 4.74 Å². The first-order valence-electron chi connectivity index (χ1n) is 9.42. The van der Waals surface area contributed by atoms with Gasteiger partial charge in [0.2, 0.25) is 0 Å². The summed E-state index contributed by atoms with van der Waals surface area (Å²) in [6.45, 7) is 5.83. The van der Waals surface area contributed by atoms with Crippen LogP contribution in [0.25, 0.3) is 0 Å². The Kier molecular flexibility index (Phi) is 4.81. The van der Waals surface area contributed by atoms with Crippen LogP contribution in [0.3, 0.4) is 0 Å². The molecule has 0 bridgehead atoms. The first kappa shape index (κ1) is 15.4. The highest BCUT2D eigenvalue weighted by molar-refractivity contribution is 5.30. The van der Waals surface area contributed by atoms with Crippen molar-refractivity contribution in [2.45, 2.75) is 50.5 Å². The molecule has 3 atom stereocenters. The minimum atomic E-state index is 0.539. The molecule has 0 spiro atoms. The van der Waals surface area contributed by atoms with Gasteiger partial charge in [0.05, 0.1) is 6.20 Å². The van der Waals surface area contributed by atoms with E-state index in [0.29, 0.717) is 6.04 Å². The molecule has 4 nitrogen and oxygen atoms in total. The maximum Gasteiger partial charge on any atom is 0.137 e. The van der Waals surface area contributed by atoms with Crippen LogP contribution in [0.15, 0.2) is 18.5 Å². The van der Waals surface area contributed by atoms with Gasteiger partial charge in [-0.3, -0.25) is 4.98 Å². The van der Waals surface area contributed by atoms with Gasteiger partial charge in [0.15, 0.2) is 0 Å². The van der Waals surface area contributed by atoms with Crippen LogP contribution >= 0.6 is 0 Å². The molecule has 2 aliphatic heterocycles. The minimum absolute atomic E-state index is 0.539. The first-order chi connectivity index (χ1) is 11.4. The lowest BCUT2D eigenvalue weighted by Crippen LogP contribution is -2.46. The van der Waals surface area contributed by atoms with E-state index < -0.39 is 0 Å². The molecule has 2 saturated heterocycles. The first-order valence-corrected chi connectivity index (χ1v) is 9.42. The van der Waals surface area contributed by atoms with E-state index in [0.717, 1.165) is 30.7 Å². The summed E-state index contributed by atoms with van der Waals surface area (Å²) in [5.41, 5.74) is 1.38. The predicted octanol–water partition coefficient (Wildman–Crippen LogP) is 2.80. The van der Waals surface area contributed by atoms with E-state index >= 15 is 0 Å². The highest BCUT2D eigenvalue weighted by Crippen LogP contribution is 2.49. The van der Waals surface area contributed by atoms with Crippen molar-refractivity contribution in [2.24, 2.45) is 5.92 Å². The third kappa shape index (κ3) is 4.04. The van der Waals surface area contributed by atoms with Crippen molar-refractivity contribution >= 4 is 0 Å². The topological polar surface area (TPSA) is 37.4 Å². The molecule has 4 rings (SSSR count). The summed E-state index contributed by atoms with van der Waals surface area (Å²) in [5.74, 6) is 2.53. The number of ether oxygens (including phenoxy) is 1. The standard InChI is InChI=1S/C19H29N3O/c1-2-7-22(8-3-1)9-5-15-11-19(15)16-10-18(13-20-12-16)23-14-17-4-6-21-17/h10,12-13,15,17,19,21H,1-9,11,14H2/t15-,17-,19-/m0/s1. The Bertz CT molecular complexity index is 511. The van der Waals surface area contributed by atoms with Gasteiger partial charge in [-0.05, 0) is 81.7 Å². The molecule has 0 radical (unpaired) electrons. The summed E-state index contributed by atoms with van der Waals surface area (Å²) in [5, 5.41) is 3.37. The van der Waals surface area contributed by atoms with E-state index in [2.05, 4.69) is 21.3 Å². The molecular formula is C19H29N3O. The molecule has 1 aromatic rings. The van der Waals surface area contributed by atoms with Gasteiger partial charge in [-0.2, -0.15) is 0 Å². The Balaban J connectivity index is 1.24. The zero-order chi connectivity index (χ0) is 15.5. The Hall–Kier alpha value is -1.13. The van der Waals surface area contributed by atoms with Crippen LogP contribution in [0, 0.1) is 5.92 Å². The maximum atomic E-state index is 5.89. The SMILES string of the molecule is c1ncc([C@H]2C[C@@H]2CCN2CCCCC2)cc1OC[C@@H]1CCN1. The van der Waals surface area contributed by atoms with Crippen molar-refractivity contribution in [1.82, 2.24) is 15.2 Å². The molecule has 3 fully saturated rings. The van der Waals surface area contributed by atoms with Crippen LogP contribution in [0.1, 0.15) is 50.0 Å². The van der Waals surface area contributed by atoms with Crippen LogP contribution in [0.4, 0.5) is 0 Å². The van der Waals surface area contributed by atoms with Crippen molar-refractivity contribution in [3.05, 3.63) is 24.0 Å². The fourth-order valence-electron chi connectivity index (χ4n) is 3.91. The Morgan fingerprint density at radius 2 is 2.09 bits per heavy atom. The van der Waals surface area contributed by atoms with Gasteiger partial charge in [-0.1, -0.05) is 6.42 Å². The number of nitrogens with zero attached hydrogens (tertiary/aromatic N) is 2. The lowest BCUT2D eigenvalue weighted by Gasteiger charge is -2.27.